The molecule has 0 unspecified atom stereocenters. The van der Waals surface area contributed by atoms with Gasteiger partial charge in [-0.2, -0.15) is 0 Å². The highest BCUT2D eigenvalue weighted by Gasteiger charge is 2.10. The zero-order valence-electron chi connectivity index (χ0n) is 12.8. The number of anilines is 1. The van der Waals surface area contributed by atoms with E-state index in [-0.39, 0.29) is 12.4 Å². The minimum absolute atomic E-state index is 0.205. The maximum Gasteiger partial charge on any atom is 0.310 e. The Morgan fingerprint density at radius 2 is 1.71 bits per heavy atom. The van der Waals surface area contributed by atoms with Gasteiger partial charge in [0.05, 0.1) is 6.42 Å². The molecule has 0 spiro atoms. The minimum Gasteiger partial charge on any atom is -0.461 e. The van der Waals surface area contributed by atoms with E-state index < -0.39 is 0 Å². The lowest BCUT2D eigenvalue weighted by Crippen LogP contribution is -2.10. The van der Waals surface area contributed by atoms with Gasteiger partial charge in [0.15, 0.2) is 0 Å². The number of carbonyl (C=O) groups is 1. The number of hydrogen-bond donors (Lipinski definition) is 1. The fourth-order valence-corrected chi connectivity index (χ4v) is 2.49. The summed E-state index contributed by atoms with van der Waals surface area (Å²) in [6.45, 7) is 6.45. The zero-order chi connectivity index (χ0) is 15.4. The van der Waals surface area contributed by atoms with E-state index >= 15 is 0 Å². The SMILES string of the molecule is Cc1cc(C)c(COC(=O)Cc2ccccc2N)c(C)c1. The number of esters is 1. The van der Waals surface area contributed by atoms with Crippen LogP contribution in [-0.4, -0.2) is 5.97 Å². The number of para-hydroxylation sites is 1. The zero-order valence-corrected chi connectivity index (χ0v) is 12.8. The van der Waals surface area contributed by atoms with Gasteiger partial charge in [-0.1, -0.05) is 35.9 Å². The van der Waals surface area contributed by atoms with Crippen molar-refractivity contribution in [2.45, 2.75) is 33.8 Å². The third-order valence-corrected chi connectivity index (χ3v) is 3.61. The smallest absolute Gasteiger partial charge is 0.310 e. The lowest BCUT2D eigenvalue weighted by Gasteiger charge is -2.12. The number of hydrogen-bond acceptors (Lipinski definition) is 3. The molecule has 0 aromatic heterocycles. The molecule has 0 aliphatic heterocycles. The first-order valence-electron chi connectivity index (χ1n) is 7.03. The summed E-state index contributed by atoms with van der Waals surface area (Å²) in [4.78, 5) is 11.9. The van der Waals surface area contributed by atoms with Crippen LogP contribution in [0.1, 0.15) is 27.8 Å². The second-order valence-corrected chi connectivity index (χ2v) is 5.41. The van der Waals surface area contributed by atoms with Gasteiger partial charge in [-0.3, -0.25) is 4.79 Å². The minimum atomic E-state index is -0.257. The Labute approximate surface area is 125 Å². The molecule has 2 aromatic carbocycles. The highest BCUT2D eigenvalue weighted by atomic mass is 16.5. The van der Waals surface area contributed by atoms with Crippen molar-refractivity contribution in [3.63, 3.8) is 0 Å². The first kappa shape index (κ1) is 15.1. The summed E-state index contributed by atoms with van der Waals surface area (Å²) in [7, 11) is 0. The van der Waals surface area contributed by atoms with E-state index in [2.05, 4.69) is 19.1 Å². The van der Waals surface area contributed by atoms with Crippen LogP contribution in [0.25, 0.3) is 0 Å². The average molecular weight is 283 g/mol. The van der Waals surface area contributed by atoms with Crippen molar-refractivity contribution in [3.8, 4) is 0 Å². The number of nitrogens with two attached hydrogens (primary N) is 1. The van der Waals surface area contributed by atoms with Gasteiger partial charge in [-0.05, 0) is 49.1 Å². The van der Waals surface area contributed by atoms with Crippen LogP contribution in [0.15, 0.2) is 36.4 Å². The van der Waals surface area contributed by atoms with E-state index in [0.29, 0.717) is 12.3 Å². The summed E-state index contributed by atoms with van der Waals surface area (Å²) >= 11 is 0. The third kappa shape index (κ3) is 3.85. The number of carbonyl (C=O) groups excluding carboxylic acids is 1. The molecule has 0 bridgehead atoms. The van der Waals surface area contributed by atoms with E-state index in [4.69, 9.17) is 10.5 Å². The molecule has 110 valence electrons. The molecule has 0 fully saturated rings. The van der Waals surface area contributed by atoms with Crippen molar-refractivity contribution < 1.29 is 9.53 Å². The van der Waals surface area contributed by atoms with E-state index in [9.17, 15) is 4.79 Å². The van der Waals surface area contributed by atoms with Crippen molar-refractivity contribution in [2.75, 3.05) is 5.73 Å². The number of aryl methyl sites for hydroxylation is 3. The molecule has 0 aliphatic carbocycles. The van der Waals surface area contributed by atoms with Crippen LogP contribution in [0.5, 0.6) is 0 Å². The number of nitrogen functional groups attached to an aromatic ring is 1. The van der Waals surface area contributed by atoms with Crippen molar-refractivity contribution in [3.05, 3.63) is 64.2 Å². The first-order chi connectivity index (χ1) is 9.97. The Morgan fingerprint density at radius 1 is 1.10 bits per heavy atom. The van der Waals surface area contributed by atoms with Crippen LogP contribution in [0.3, 0.4) is 0 Å². The van der Waals surface area contributed by atoms with Gasteiger partial charge < -0.3 is 10.5 Å². The van der Waals surface area contributed by atoms with Crippen LogP contribution in [0.2, 0.25) is 0 Å². The van der Waals surface area contributed by atoms with Crippen LogP contribution in [0, 0.1) is 20.8 Å². The lowest BCUT2D eigenvalue weighted by atomic mass is 10.0. The van der Waals surface area contributed by atoms with Gasteiger partial charge in [0, 0.05) is 5.69 Å². The fourth-order valence-electron chi connectivity index (χ4n) is 2.49. The molecule has 2 N–H and O–H groups in total. The molecule has 2 aromatic rings. The molecule has 0 amide bonds. The summed E-state index contributed by atoms with van der Waals surface area (Å²) < 4.78 is 5.39. The van der Waals surface area contributed by atoms with Gasteiger partial charge in [0.2, 0.25) is 0 Å². The summed E-state index contributed by atoms with van der Waals surface area (Å²) in [5.74, 6) is -0.257. The Bertz CT molecular complexity index is 639. The third-order valence-electron chi connectivity index (χ3n) is 3.61. The van der Waals surface area contributed by atoms with Crippen molar-refractivity contribution >= 4 is 11.7 Å². The molecule has 0 atom stereocenters. The summed E-state index contributed by atoms with van der Waals surface area (Å²) in [5.41, 5.74) is 11.9. The molecule has 21 heavy (non-hydrogen) atoms. The topological polar surface area (TPSA) is 52.3 Å². The highest BCUT2D eigenvalue weighted by molar-refractivity contribution is 5.74. The van der Waals surface area contributed by atoms with E-state index in [1.165, 1.54) is 5.56 Å². The predicted octanol–water partition coefficient (Wildman–Crippen LogP) is 3.48. The first-order valence-corrected chi connectivity index (χ1v) is 7.03. The lowest BCUT2D eigenvalue weighted by molar-refractivity contribution is -0.144. The molecule has 0 radical (unpaired) electrons. The molecule has 0 aliphatic rings. The van der Waals surface area contributed by atoms with Crippen LogP contribution < -0.4 is 5.73 Å². The van der Waals surface area contributed by atoms with Gasteiger partial charge in [0.25, 0.3) is 0 Å². The van der Waals surface area contributed by atoms with Gasteiger partial charge >= 0.3 is 5.97 Å². The van der Waals surface area contributed by atoms with Crippen LogP contribution >= 0.6 is 0 Å². The molecular weight excluding hydrogens is 262 g/mol. The standard InChI is InChI=1S/C18H21NO2/c1-12-8-13(2)16(14(3)9-12)11-21-18(20)10-15-6-4-5-7-17(15)19/h4-9H,10-11,19H2,1-3H3. The van der Waals surface area contributed by atoms with Gasteiger partial charge in [0.1, 0.15) is 6.61 Å². The Morgan fingerprint density at radius 3 is 2.33 bits per heavy atom. The summed E-state index contributed by atoms with van der Waals surface area (Å²) in [6.07, 6.45) is 0.205. The van der Waals surface area contributed by atoms with E-state index in [1.54, 1.807) is 6.07 Å². The van der Waals surface area contributed by atoms with Crippen LogP contribution in [0.4, 0.5) is 5.69 Å². The van der Waals surface area contributed by atoms with Crippen molar-refractivity contribution in [1.82, 2.24) is 0 Å². The fraction of sp³-hybridized carbons (Fsp3) is 0.278. The molecule has 3 heteroatoms. The van der Waals surface area contributed by atoms with Crippen LogP contribution in [-0.2, 0) is 22.6 Å². The molecule has 2 rings (SSSR count). The average Bonchev–Trinajstić information content (AvgIpc) is 2.40. The largest absolute Gasteiger partial charge is 0.461 e. The van der Waals surface area contributed by atoms with E-state index in [0.717, 1.165) is 22.3 Å². The quantitative estimate of drug-likeness (QED) is 0.690. The summed E-state index contributed by atoms with van der Waals surface area (Å²) in [5, 5.41) is 0. The van der Waals surface area contributed by atoms with Crippen molar-refractivity contribution in [1.29, 1.82) is 0 Å². The molecule has 0 saturated heterocycles. The normalized spacial score (nSPS) is 10.4. The number of benzene rings is 2. The maximum atomic E-state index is 11.9. The second kappa shape index (κ2) is 6.44. The highest BCUT2D eigenvalue weighted by Crippen LogP contribution is 2.18. The molecule has 0 saturated carbocycles. The Kier molecular flexibility index (Phi) is 4.63. The monoisotopic (exact) mass is 283 g/mol. The number of rotatable bonds is 4. The van der Waals surface area contributed by atoms with Crippen molar-refractivity contribution in [2.24, 2.45) is 0 Å². The maximum absolute atomic E-state index is 11.9. The van der Waals surface area contributed by atoms with Gasteiger partial charge in [-0.25, -0.2) is 0 Å². The molecule has 3 nitrogen and oxygen atoms in total. The summed E-state index contributed by atoms with van der Waals surface area (Å²) in [6, 6.07) is 11.6. The molecular formula is C18H21NO2. The number of ether oxygens (including phenoxy) is 1. The Balaban J connectivity index is 2.01. The molecule has 0 heterocycles. The van der Waals surface area contributed by atoms with Gasteiger partial charge in [-0.15, -0.1) is 0 Å². The second-order valence-electron chi connectivity index (χ2n) is 5.41. The predicted molar refractivity (Wildman–Crippen MR) is 85.0 cm³/mol. The van der Waals surface area contributed by atoms with E-state index in [1.807, 2.05) is 32.0 Å². The Hall–Kier alpha value is -2.29.